The van der Waals surface area contributed by atoms with Crippen LogP contribution in [0, 0.1) is 0 Å². The first kappa shape index (κ1) is 16.0. The predicted octanol–water partition coefficient (Wildman–Crippen LogP) is 6.90. The van der Waals surface area contributed by atoms with E-state index in [-0.39, 0.29) is 6.10 Å². The van der Waals surface area contributed by atoms with E-state index in [0.717, 1.165) is 5.75 Å². The molecule has 0 amide bonds. The molecule has 3 rings (SSSR count). The summed E-state index contributed by atoms with van der Waals surface area (Å²) < 4.78 is 9.67. The summed E-state index contributed by atoms with van der Waals surface area (Å²) >= 11 is 7.27. The Morgan fingerprint density at radius 1 is 0.864 bits per heavy atom. The Hall–Kier alpha value is -0.880. The molecule has 5 heteroatoms. The van der Waals surface area contributed by atoms with Crippen molar-refractivity contribution in [3.63, 3.8) is 0 Å². The van der Waals surface area contributed by atoms with E-state index in [2.05, 4.69) is 41.8 Å². The largest absolute Gasteiger partial charge is 0.491 e. The molecule has 0 aliphatic heterocycles. The first-order valence-electron chi connectivity index (χ1n) is 6.95. The average Bonchev–Trinajstić information content (AvgIpc) is 3.13. The normalized spacial score (nSPS) is 11.0. The zero-order valence-corrected chi connectivity index (χ0v) is 15.6. The quantitative estimate of drug-likeness (QED) is 0.471. The Kier molecular flexibility index (Phi) is 5.52. The molecule has 0 fully saturated rings. The van der Waals surface area contributed by atoms with Crippen LogP contribution in [0.5, 0.6) is 5.75 Å². The highest BCUT2D eigenvalue weighted by Gasteiger charge is 2.05. The van der Waals surface area contributed by atoms with Crippen molar-refractivity contribution in [3.8, 4) is 5.75 Å². The van der Waals surface area contributed by atoms with Crippen molar-refractivity contribution in [3.05, 3.63) is 53.9 Å². The molecule has 22 heavy (non-hydrogen) atoms. The van der Waals surface area contributed by atoms with E-state index >= 15 is 0 Å². The lowest BCUT2D eigenvalue weighted by Gasteiger charge is -2.09. The molecule has 0 atom stereocenters. The minimum atomic E-state index is 0.215. The summed E-state index contributed by atoms with van der Waals surface area (Å²) in [5.41, 5.74) is 0. The van der Waals surface area contributed by atoms with E-state index < -0.39 is 0 Å². The van der Waals surface area contributed by atoms with Gasteiger partial charge in [-0.2, -0.15) is 0 Å². The van der Waals surface area contributed by atoms with Crippen LogP contribution >= 0.6 is 46.2 Å². The third-order valence-corrected chi connectivity index (χ3v) is 7.06. The van der Waals surface area contributed by atoms with Crippen molar-refractivity contribution >= 4 is 46.2 Å². The van der Waals surface area contributed by atoms with Crippen molar-refractivity contribution in [2.24, 2.45) is 0 Å². The van der Waals surface area contributed by atoms with Gasteiger partial charge in [-0.1, -0.05) is 29.6 Å². The van der Waals surface area contributed by atoms with Gasteiger partial charge in [0, 0.05) is 4.90 Å². The molecule has 0 N–H and O–H groups in total. The van der Waals surface area contributed by atoms with Crippen molar-refractivity contribution in [1.29, 1.82) is 0 Å². The highest BCUT2D eigenvalue weighted by atomic mass is 32.2. The topological polar surface area (TPSA) is 9.23 Å². The summed E-state index contributed by atoms with van der Waals surface area (Å²) in [6, 6.07) is 17.0. The van der Waals surface area contributed by atoms with Crippen LogP contribution in [0.3, 0.4) is 0 Å². The van der Waals surface area contributed by atoms with Crippen LogP contribution in [-0.2, 0) is 0 Å². The van der Waals surface area contributed by atoms with E-state index in [0.29, 0.717) is 0 Å². The summed E-state index contributed by atoms with van der Waals surface area (Å²) in [5, 5.41) is 2.12. The summed E-state index contributed by atoms with van der Waals surface area (Å²) in [5.74, 6) is 0.930. The fourth-order valence-corrected chi connectivity index (χ4v) is 6.22. The first-order chi connectivity index (χ1) is 10.7. The van der Waals surface area contributed by atoms with Gasteiger partial charge in [-0.05, 0) is 61.7 Å². The molecule has 0 saturated carbocycles. The summed E-state index contributed by atoms with van der Waals surface area (Å²) in [6.45, 7) is 4.09. The Labute approximate surface area is 147 Å². The standard InChI is InChI=1S/C17H16OS4/c1-12(2)18-13-5-7-14(8-6-13)20-16-9-10-17(22-16)21-15-4-3-11-19-15/h3-12H,1-2H3. The van der Waals surface area contributed by atoms with E-state index in [1.54, 1.807) is 23.1 Å². The van der Waals surface area contributed by atoms with E-state index in [4.69, 9.17) is 4.74 Å². The second kappa shape index (κ2) is 7.59. The average molecular weight is 365 g/mol. The second-order valence-corrected chi connectivity index (χ2v) is 9.85. The molecule has 114 valence electrons. The van der Waals surface area contributed by atoms with E-state index in [9.17, 15) is 0 Å². The van der Waals surface area contributed by atoms with Gasteiger partial charge in [-0.15, -0.1) is 22.7 Å². The molecule has 0 spiro atoms. The molecule has 3 aromatic rings. The van der Waals surface area contributed by atoms with Crippen LogP contribution in [0.15, 0.2) is 71.4 Å². The Bertz CT molecular complexity index is 699. The Balaban J connectivity index is 1.62. The second-order valence-electron chi connectivity index (χ2n) is 4.85. The molecule has 2 aromatic heterocycles. The Morgan fingerprint density at radius 3 is 2.23 bits per heavy atom. The number of thiophene rings is 2. The minimum Gasteiger partial charge on any atom is -0.491 e. The van der Waals surface area contributed by atoms with Crippen LogP contribution in [-0.4, -0.2) is 6.10 Å². The van der Waals surface area contributed by atoms with Crippen molar-refractivity contribution in [1.82, 2.24) is 0 Å². The van der Waals surface area contributed by atoms with Gasteiger partial charge in [0.05, 0.1) is 18.7 Å². The molecular weight excluding hydrogens is 348 g/mol. The monoisotopic (exact) mass is 364 g/mol. The van der Waals surface area contributed by atoms with Crippen LogP contribution in [0.4, 0.5) is 0 Å². The smallest absolute Gasteiger partial charge is 0.119 e. The molecule has 1 nitrogen and oxygen atoms in total. The lowest BCUT2D eigenvalue weighted by molar-refractivity contribution is 0.242. The molecule has 0 saturated heterocycles. The fraction of sp³-hybridized carbons (Fsp3) is 0.176. The number of benzene rings is 1. The highest BCUT2D eigenvalue weighted by molar-refractivity contribution is 8.04. The van der Waals surface area contributed by atoms with Gasteiger partial charge in [-0.3, -0.25) is 0 Å². The van der Waals surface area contributed by atoms with Crippen LogP contribution in [0.25, 0.3) is 0 Å². The van der Waals surface area contributed by atoms with Gasteiger partial charge in [0.15, 0.2) is 0 Å². The molecule has 0 aliphatic rings. The van der Waals surface area contributed by atoms with Gasteiger partial charge < -0.3 is 4.74 Å². The maximum absolute atomic E-state index is 5.67. The summed E-state index contributed by atoms with van der Waals surface area (Å²) in [4.78, 5) is 1.24. The first-order valence-corrected chi connectivity index (χ1v) is 10.3. The van der Waals surface area contributed by atoms with E-state index in [1.807, 2.05) is 49.1 Å². The Morgan fingerprint density at radius 2 is 1.59 bits per heavy atom. The van der Waals surface area contributed by atoms with Gasteiger partial charge in [0.25, 0.3) is 0 Å². The van der Waals surface area contributed by atoms with Crippen molar-refractivity contribution < 1.29 is 4.74 Å². The fourth-order valence-electron chi connectivity index (χ4n) is 1.81. The van der Waals surface area contributed by atoms with Gasteiger partial charge in [0.1, 0.15) is 5.75 Å². The molecular formula is C17H16OS4. The van der Waals surface area contributed by atoms with Gasteiger partial charge in [-0.25, -0.2) is 0 Å². The molecule has 0 radical (unpaired) electrons. The summed E-state index contributed by atoms with van der Waals surface area (Å²) in [6.07, 6.45) is 0.215. The summed E-state index contributed by atoms with van der Waals surface area (Å²) in [7, 11) is 0. The third-order valence-electron chi connectivity index (χ3n) is 2.67. The zero-order valence-electron chi connectivity index (χ0n) is 12.3. The number of rotatable bonds is 6. The third kappa shape index (κ3) is 4.56. The SMILES string of the molecule is CC(C)Oc1ccc(Sc2ccc(Sc3cccs3)s2)cc1. The molecule has 0 unspecified atom stereocenters. The van der Waals surface area contributed by atoms with Crippen LogP contribution in [0.2, 0.25) is 0 Å². The highest BCUT2D eigenvalue weighted by Crippen LogP contribution is 2.41. The molecule has 0 aliphatic carbocycles. The number of ether oxygens (including phenoxy) is 1. The van der Waals surface area contributed by atoms with E-state index in [1.165, 1.54) is 17.5 Å². The lowest BCUT2D eigenvalue weighted by atomic mass is 10.3. The predicted molar refractivity (Wildman–Crippen MR) is 99.1 cm³/mol. The molecule has 2 heterocycles. The molecule has 1 aromatic carbocycles. The maximum Gasteiger partial charge on any atom is 0.119 e. The lowest BCUT2D eigenvalue weighted by Crippen LogP contribution is -2.04. The number of hydrogen-bond donors (Lipinski definition) is 0. The van der Waals surface area contributed by atoms with Crippen molar-refractivity contribution in [2.45, 2.75) is 37.5 Å². The number of hydrogen-bond acceptors (Lipinski definition) is 5. The van der Waals surface area contributed by atoms with Gasteiger partial charge in [0.2, 0.25) is 0 Å². The van der Waals surface area contributed by atoms with Crippen LogP contribution < -0.4 is 4.74 Å². The maximum atomic E-state index is 5.67. The zero-order chi connectivity index (χ0) is 15.4. The van der Waals surface area contributed by atoms with Crippen LogP contribution in [0.1, 0.15) is 13.8 Å². The minimum absolute atomic E-state index is 0.215. The molecule has 0 bridgehead atoms. The van der Waals surface area contributed by atoms with Crippen molar-refractivity contribution in [2.75, 3.05) is 0 Å². The van der Waals surface area contributed by atoms with Gasteiger partial charge >= 0.3 is 0 Å².